The van der Waals surface area contributed by atoms with Crippen LogP contribution in [0, 0.1) is 11.8 Å². The van der Waals surface area contributed by atoms with Gasteiger partial charge in [-0.2, -0.15) is 0 Å². The molecule has 144 valence electrons. The third-order valence-electron chi connectivity index (χ3n) is 4.18. The number of rotatable bonds is 6. The van der Waals surface area contributed by atoms with Crippen LogP contribution in [0.25, 0.3) is 0 Å². The van der Waals surface area contributed by atoms with Crippen molar-refractivity contribution in [3.05, 3.63) is 28.7 Å². The minimum Gasteiger partial charge on any atom is -0.370 e. The van der Waals surface area contributed by atoms with E-state index in [-0.39, 0.29) is 30.8 Å². The van der Waals surface area contributed by atoms with E-state index < -0.39 is 10.0 Å². The van der Waals surface area contributed by atoms with Crippen molar-refractivity contribution < 1.29 is 8.42 Å². The summed E-state index contributed by atoms with van der Waals surface area (Å²) in [6.07, 6.45) is 4.05. The van der Waals surface area contributed by atoms with Crippen LogP contribution in [-0.2, 0) is 10.0 Å². The Morgan fingerprint density at radius 3 is 2.12 bits per heavy atom. The molecule has 0 bridgehead atoms. The van der Waals surface area contributed by atoms with E-state index in [2.05, 4.69) is 25.6 Å². The molecule has 1 aromatic carbocycles. The molecule has 0 aliphatic heterocycles. The number of sulfonamides is 1. The van der Waals surface area contributed by atoms with Crippen molar-refractivity contribution in [3.8, 4) is 0 Å². The molecule has 1 saturated carbocycles. The Labute approximate surface area is 170 Å². The molecule has 2 rings (SSSR count). The van der Waals surface area contributed by atoms with Gasteiger partial charge in [-0.1, -0.05) is 15.9 Å². The van der Waals surface area contributed by atoms with Gasteiger partial charge in [0.2, 0.25) is 10.0 Å². The Morgan fingerprint density at radius 2 is 1.60 bits per heavy atom. The van der Waals surface area contributed by atoms with E-state index >= 15 is 0 Å². The van der Waals surface area contributed by atoms with E-state index in [0.29, 0.717) is 29.8 Å². The normalized spacial score (nSPS) is 20.0. The fourth-order valence-electron chi connectivity index (χ4n) is 2.78. The largest absolute Gasteiger partial charge is 0.370 e. The van der Waals surface area contributed by atoms with Gasteiger partial charge in [-0.3, -0.25) is 4.99 Å². The Morgan fingerprint density at radius 1 is 1.08 bits per heavy atom. The van der Waals surface area contributed by atoms with Crippen molar-refractivity contribution in [2.45, 2.75) is 30.6 Å². The first-order valence-corrected chi connectivity index (χ1v) is 9.95. The predicted octanol–water partition coefficient (Wildman–Crippen LogP) is 2.65. The maximum absolute atomic E-state index is 12.3. The third-order valence-corrected chi connectivity index (χ3v) is 6.15. The lowest BCUT2D eigenvalue weighted by Crippen LogP contribution is -2.32. The van der Waals surface area contributed by atoms with E-state index in [1.807, 2.05) is 0 Å². The second-order valence-corrected chi connectivity index (χ2v) is 8.64. The number of nitrogens with two attached hydrogens (primary N) is 2. The van der Waals surface area contributed by atoms with Gasteiger partial charge in [0.1, 0.15) is 0 Å². The fourth-order valence-corrected chi connectivity index (χ4v) is 4.16. The average molecular weight is 476 g/mol. The number of benzene rings is 1. The summed E-state index contributed by atoms with van der Waals surface area (Å²) in [5.74, 6) is 1.00. The highest BCUT2D eigenvalue weighted by molar-refractivity contribution is 9.10. The molecule has 25 heavy (non-hydrogen) atoms. The lowest BCUT2D eigenvalue weighted by molar-refractivity contribution is 0.280. The molecule has 0 unspecified atom stereocenters. The maximum atomic E-state index is 12.3. The van der Waals surface area contributed by atoms with E-state index in [4.69, 9.17) is 11.5 Å². The maximum Gasteiger partial charge on any atom is 0.240 e. The summed E-state index contributed by atoms with van der Waals surface area (Å²) >= 11 is 3.30. The number of nitrogens with zero attached hydrogens (tertiary/aromatic N) is 1. The van der Waals surface area contributed by atoms with Gasteiger partial charge >= 0.3 is 0 Å². The minimum absolute atomic E-state index is 0. The van der Waals surface area contributed by atoms with Crippen molar-refractivity contribution in [3.63, 3.8) is 0 Å². The van der Waals surface area contributed by atoms with Crippen molar-refractivity contribution in [1.29, 1.82) is 0 Å². The lowest BCUT2D eigenvalue weighted by atomic mass is 9.82. The average Bonchev–Trinajstić information content (AvgIpc) is 2.52. The highest BCUT2D eigenvalue weighted by Gasteiger charge is 2.23. The van der Waals surface area contributed by atoms with Gasteiger partial charge in [-0.05, 0) is 61.8 Å². The zero-order valence-corrected chi connectivity index (χ0v) is 17.8. The molecule has 1 fully saturated rings. The summed E-state index contributed by atoms with van der Waals surface area (Å²) < 4.78 is 28.1. The van der Waals surface area contributed by atoms with Crippen LogP contribution in [0.4, 0.5) is 0 Å². The smallest absolute Gasteiger partial charge is 0.240 e. The van der Waals surface area contributed by atoms with Crippen molar-refractivity contribution in [1.82, 2.24) is 4.72 Å². The van der Waals surface area contributed by atoms with Crippen LogP contribution in [0.5, 0.6) is 0 Å². The van der Waals surface area contributed by atoms with Crippen LogP contribution in [-0.4, -0.2) is 27.5 Å². The molecule has 5 N–H and O–H groups in total. The second kappa shape index (κ2) is 11.2. The Bertz CT molecular complexity index is 644. The predicted molar refractivity (Wildman–Crippen MR) is 110 cm³/mol. The fraction of sp³-hybridized carbons (Fsp3) is 0.533. The first-order chi connectivity index (χ1) is 10.9. The Kier molecular flexibility index (Phi) is 11.0. The van der Waals surface area contributed by atoms with E-state index in [0.717, 1.165) is 30.2 Å². The summed E-state index contributed by atoms with van der Waals surface area (Å²) in [5, 5.41) is 0. The summed E-state index contributed by atoms with van der Waals surface area (Å²) in [4.78, 5) is 4.36. The second-order valence-electron chi connectivity index (χ2n) is 5.96. The molecule has 1 aromatic rings. The van der Waals surface area contributed by atoms with E-state index in [1.54, 1.807) is 24.3 Å². The van der Waals surface area contributed by atoms with Crippen molar-refractivity contribution in [2.24, 2.45) is 28.3 Å². The lowest BCUT2D eigenvalue weighted by Gasteiger charge is -2.27. The zero-order valence-electron chi connectivity index (χ0n) is 13.7. The summed E-state index contributed by atoms with van der Waals surface area (Å²) in [5.41, 5.74) is 10.7. The number of aliphatic imine (C=N–C) groups is 1. The molecule has 0 radical (unpaired) electrons. The number of nitrogens with one attached hydrogen (secondary N) is 1. The van der Waals surface area contributed by atoms with Gasteiger partial charge in [0.15, 0.2) is 5.96 Å². The molecule has 0 saturated heterocycles. The minimum atomic E-state index is -3.44. The van der Waals surface area contributed by atoms with E-state index in [1.165, 1.54) is 0 Å². The van der Waals surface area contributed by atoms with Gasteiger partial charge in [0.25, 0.3) is 0 Å². The third kappa shape index (κ3) is 8.13. The molecule has 10 heteroatoms. The van der Waals surface area contributed by atoms with Crippen molar-refractivity contribution in [2.75, 3.05) is 13.1 Å². The zero-order chi connectivity index (χ0) is 16.9. The number of hydrogen-bond donors (Lipinski definition) is 3. The molecular formula is C15H25BrCl2N4O2S. The first kappa shape index (κ1) is 24.5. The number of hydrogen-bond acceptors (Lipinski definition) is 3. The van der Waals surface area contributed by atoms with Gasteiger partial charge in [-0.15, -0.1) is 24.8 Å². The van der Waals surface area contributed by atoms with Crippen LogP contribution in [0.15, 0.2) is 38.6 Å². The molecule has 0 amide bonds. The molecule has 6 nitrogen and oxygen atoms in total. The van der Waals surface area contributed by atoms with E-state index in [9.17, 15) is 8.42 Å². The molecule has 0 atom stereocenters. The van der Waals surface area contributed by atoms with Gasteiger partial charge in [0.05, 0.1) is 4.90 Å². The standard InChI is InChI=1S/C15H23BrN4O2S.2ClH/c16-13-5-7-14(8-6-13)23(21,22)20-10-12-3-1-11(2-4-12)9-19-15(17)18;;/h5-8,11-12,20H,1-4,9-10H2,(H4,17,18,19);2*1H. The quantitative estimate of drug-likeness (QED) is 0.433. The molecule has 0 heterocycles. The van der Waals surface area contributed by atoms with Gasteiger partial charge < -0.3 is 11.5 Å². The Hall–Kier alpha value is -0.540. The Balaban J connectivity index is 0.00000288. The highest BCUT2D eigenvalue weighted by atomic mass is 79.9. The summed E-state index contributed by atoms with van der Waals surface area (Å²) in [7, 11) is -3.44. The SMILES string of the molecule is Cl.Cl.NC(N)=NCC1CCC(CNS(=O)(=O)c2ccc(Br)cc2)CC1. The van der Waals surface area contributed by atoms with Gasteiger partial charge in [-0.25, -0.2) is 13.1 Å². The monoisotopic (exact) mass is 474 g/mol. The van der Waals surface area contributed by atoms with Crippen LogP contribution in [0.3, 0.4) is 0 Å². The topological polar surface area (TPSA) is 111 Å². The summed E-state index contributed by atoms with van der Waals surface area (Å²) in [6.45, 7) is 1.15. The summed E-state index contributed by atoms with van der Waals surface area (Å²) in [6, 6.07) is 6.64. The van der Waals surface area contributed by atoms with Gasteiger partial charge in [0, 0.05) is 17.6 Å². The molecule has 0 spiro atoms. The van der Waals surface area contributed by atoms with Crippen LogP contribution in [0.1, 0.15) is 25.7 Å². The van der Waals surface area contributed by atoms with Crippen molar-refractivity contribution >= 4 is 56.7 Å². The number of halogens is 3. The van der Waals surface area contributed by atoms with Crippen LogP contribution < -0.4 is 16.2 Å². The highest BCUT2D eigenvalue weighted by Crippen LogP contribution is 2.28. The van der Waals surface area contributed by atoms with Crippen LogP contribution in [0.2, 0.25) is 0 Å². The van der Waals surface area contributed by atoms with Crippen LogP contribution >= 0.6 is 40.7 Å². The molecule has 0 aromatic heterocycles. The molecule has 1 aliphatic rings. The number of guanidine groups is 1. The first-order valence-electron chi connectivity index (χ1n) is 7.67. The molecular weight excluding hydrogens is 451 g/mol. The molecule has 1 aliphatic carbocycles.